The number of halogens is 1. The van der Waals surface area contributed by atoms with Gasteiger partial charge in [0.25, 0.3) is 0 Å². The molecule has 0 aliphatic rings. The van der Waals surface area contributed by atoms with E-state index in [9.17, 15) is 0 Å². The van der Waals surface area contributed by atoms with Gasteiger partial charge in [0.1, 0.15) is 5.75 Å². The topological polar surface area (TPSA) is 64.1 Å². The molecule has 0 saturated carbocycles. The predicted octanol–water partition coefficient (Wildman–Crippen LogP) is 4.05. The predicted molar refractivity (Wildman–Crippen MR) is 109 cm³/mol. The highest BCUT2D eigenvalue weighted by Crippen LogP contribution is 2.30. The number of methoxy groups -OCH3 is 2. The Balaban J connectivity index is 2.03. The van der Waals surface area contributed by atoms with Crippen LogP contribution in [0.25, 0.3) is 0 Å². The summed E-state index contributed by atoms with van der Waals surface area (Å²) < 4.78 is 17.1. The molecule has 0 atom stereocenters. The normalized spacial score (nSPS) is 11.0. The Morgan fingerprint density at radius 1 is 1.04 bits per heavy atom. The molecule has 2 aromatic carbocycles. The van der Waals surface area contributed by atoms with Crippen LogP contribution in [0.15, 0.2) is 45.9 Å². The summed E-state index contributed by atoms with van der Waals surface area (Å²) in [5.41, 5.74) is 1.96. The fraction of sp³-hybridized carbons (Fsp3) is 0.316. The molecule has 7 heteroatoms. The van der Waals surface area contributed by atoms with Gasteiger partial charge in [-0.1, -0.05) is 6.07 Å². The van der Waals surface area contributed by atoms with Crippen molar-refractivity contribution in [3.8, 4) is 17.2 Å². The highest BCUT2D eigenvalue weighted by Gasteiger charge is 2.07. The Morgan fingerprint density at radius 2 is 1.77 bits per heavy atom. The number of anilines is 1. The van der Waals surface area contributed by atoms with Crippen LogP contribution < -0.4 is 24.8 Å². The lowest BCUT2D eigenvalue weighted by Crippen LogP contribution is -2.30. The van der Waals surface area contributed by atoms with E-state index >= 15 is 0 Å². The molecule has 0 bridgehead atoms. The minimum Gasteiger partial charge on any atom is -0.496 e. The summed E-state index contributed by atoms with van der Waals surface area (Å²) in [6.07, 6.45) is 0. The van der Waals surface area contributed by atoms with Crippen LogP contribution in [-0.4, -0.2) is 33.8 Å². The number of ether oxygens (including phenoxy) is 3. The summed E-state index contributed by atoms with van der Waals surface area (Å²) in [7, 11) is 5.00. The van der Waals surface area contributed by atoms with Crippen LogP contribution in [0.5, 0.6) is 17.2 Å². The van der Waals surface area contributed by atoms with Gasteiger partial charge in [0.05, 0.1) is 25.3 Å². The van der Waals surface area contributed by atoms with Gasteiger partial charge in [0, 0.05) is 25.3 Å². The summed E-state index contributed by atoms with van der Waals surface area (Å²) in [5.74, 6) is 2.85. The molecule has 0 heterocycles. The zero-order valence-corrected chi connectivity index (χ0v) is 17.0. The molecule has 0 amide bonds. The number of guanidine groups is 1. The first-order valence-electron chi connectivity index (χ1n) is 8.22. The minimum absolute atomic E-state index is 0.569. The monoisotopic (exact) mass is 421 g/mol. The van der Waals surface area contributed by atoms with Crippen molar-refractivity contribution >= 4 is 27.6 Å². The van der Waals surface area contributed by atoms with Gasteiger partial charge in [-0.15, -0.1) is 0 Å². The third-order valence-electron chi connectivity index (χ3n) is 3.63. The maximum Gasteiger partial charge on any atom is 0.195 e. The van der Waals surface area contributed by atoms with E-state index in [4.69, 9.17) is 14.2 Å². The molecule has 0 unspecified atom stereocenters. The first-order chi connectivity index (χ1) is 12.6. The van der Waals surface area contributed by atoms with Gasteiger partial charge in [-0.25, -0.2) is 0 Å². The number of aliphatic imine (C=N–C) groups is 1. The quantitative estimate of drug-likeness (QED) is 0.521. The van der Waals surface area contributed by atoms with Gasteiger partial charge in [-0.3, -0.25) is 4.99 Å². The average Bonchev–Trinajstić information content (AvgIpc) is 2.65. The summed E-state index contributed by atoms with van der Waals surface area (Å²) in [4.78, 5) is 4.26. The van der Waals surface area contributed by atoms with Crippen molar-refractivity contribution < 1.29 is 14.2 Å². The Bertz CT molecular complexity index is 766. The highest BCUT2D eigenvalue weighted by molar-refractivity contribution is 9.10. The molecule has 0 saturated heterocycles. The lowest BCUT2D eigenvalue weighted by atomic mass is 10.2. The van der Waals surface area contributed by atoms with E-state index in [0.29, 0.717) is 30.6 Å². The largest absolute Gasteiger partial charge is 0.496 e. The molecule has 2 rings (SSSR count). The molecule has 0 radical (unpaired) electrons. The molecule has 0 spiro atoms. The van der Waals surface area contributed by atoms with Crippen molar-refractivity contribution in [2.75, 3.05) is 33.2 Å². The molecule has 26 heavy (non-hydrogen) atoms. The molecule has 140 valence electrons. The molecule has 0 aliphatic heterocycles. The summed E-state index contributed by atoms with van der Waals surface area (Å²) in [5, 5.41) is 6.54. The van der Waals surface area contributed by atoms with Crippen LogP contribution >= 0.6 is 15.9 Å². The number of nitrogens with zero attached hydrogens (tertiary/aromatic N) is 1. The van der Waals surface area contributed by atoms with Crippen molar-refractivity contribution in [2.24, 2.45) is 4.99 Å². The van der Waals surface area contributed by atoms with Gasteiger partial charge in [0.2, 0.25) is 0 Å². The Morgan fingerprint density at radius 3 is 2.38 bits per heavy atom. The Labute approximate surface area is 162 Å². The number of nitrogens with one attached hydrogen (secondary N) is 2. The van der Waals surface area contributed by atoms with E-state index in [1.165, 1.54) is 0 Å². The average molecular weight is 422 g/mol. The molecular formula is C19H24BrN3O3. The van der Waals surface area contributed by atoms with Crippen molar-refractivity contribution in [3.63, 3.8) is 0 Å². The zero-order chi connectivity index (χ0) is 18.9. The van der Waals surface area contributed by atoms with Gasteiger partial charge in [-0.2, -0.15) is 0 Å². The molecule has 0 aliphatic carbocycles. The lowest BCUT2D eigenvalue weighted by molar-refractivity contribution is 0.311. The van der Waals surface area contributed by atoms with Gasteiger partial charge in [0.15, 0.2) is 17.5 Å². The van der Waals surface area contributed by atoms with Crippen LogP contribution in [0, 0.1) is 0 Å². The maximum absolute atomic E-state index is 5.61. The molecule has 0 fully saturated rings. The highest BCUT2D eigenvalue weighted by atomic mass is 79.9. The Hall–Kier alpha value is -2.41. The number of benzene rings is 2. The third kappa shape index (κ3) is 5.29. The zero-order valence-electron chi connectivity index (χ0n) is 15.4. The van der Waals surface area contributed by atoms with Crippen LogP contribution in [0.3, 0.4) is 0 Å². The van der Waals surface area contributed by atoms with E-state index < -0.39 is 0 Å². The fourth-order valence-corrected chi connectivity index (χ4v) is 2.93. The van der Waals surface area contributed by atoms with E-state index in [-0.39, 0.29) is 0 Å². The number of hydrogen-bond donors (Lipinski definition) is 2. The van der Waals surface area contributed by atoms with Crippen LogP contribution in [0.2, 0.25) is 0 Å². The molecule has 2 aromatic rings. The second-order valence-corrected chi connectivity index (χ2v) is 6.17. The minimum atomic E-state index is 0.569. The summed E-state index contributed by atoms with van der Waals surface area (Å²) in [6, 6.07) is 11.6. The summed E-state index contributed by atoms with van der Waals surface area (Å²) >= 11 is 3.50. The smallest absolute Gasteiger partial charge is 0.195 e. The van der Waals surface area contributed by atoms with Gasteiger partial charge in [-0.05, 0) is 52.7 Å². The molecule has 6 nitrogen and oxygen atoms in total. The standard InChI is InChI=1S/C19H24BrN3O3/c1-5-26-18-11-14(7-9-17(18)25-4)23-19(21-2)22-12-13-6-8-16(24-3)15(20)10-13/h6-11H,5,12H2,1-4H3,(H2,21,22,23). The lowest BCUT2D eigenvalue weighted by Gasteiger charge is -2.15. The van der Waals surface area contributed by atoms with Gasteiger partial charge < -0.3 is 24.8 Å². The first kappa shape index (κ1) is 19.9. The second-order valence-electron chi connectivity index (χ2n) is 5.32. The number of rotatable bonds is 7. The molecule has 2 N–H and O–H groups in total. The van der Waals surface area contributed by atoms with Gasteiger partial charge >= 0.3 is 0 Å². The molecule has 0 aromatic heterocycles. The van der Waals surface area contributed by atoms with Crippen LogP contribution in [0.1, 0.15) is 12.5 Å². The van der Waals surface area contributed by atoms with Crippen molar-refractivity contribution in [1.29, 1.82) is 0 Å². The van der Waals surface area contributed by atoms with Crippen LogP contribution in [-0.2, 0) is 6.54 Å². The SMILES string of the molecule is CCOc1cc(NC(=NC)NCc2ccc(OC)c(Br)c2)ccc1OC. The third-order valence-corrected chi connectivity index (χ3v) is 4.25. The molecular weight excluding hydrogens is 398 g/mol. The maximum atomic E-state index is 5.61. The first-order valence-corrected chi connectivity index (χ1v) is 9.01. The van der Waals surface area contributed by atoms with Crippen molar-refractivity contribution in [3.05, 3.63) is 46.4 Å². The van der Waals surface area contributed by atoms with Crippen molar-refractivity contribution in [1.82, 2.24) is 5.32 Å². The van der Waals surface area contributed by atoms with Crippen molar-refractivity contribution in [2.45, 2.75) is 13.5 Å². The van der Waals surface area contributed by atoms with E-state index in [1.807, 2.05) is 43.3 Å². The Kier molecular flexibility index (Phi) is 7.59. The fourth-order valence-electron chi connectivity index (χ4n) is 2.34. The van der Waals surface area contributed by atoms with Crippen LogP contribution in [0.4, 0.5) is 5.69 Å². The summed E-state index contributed by atoms with van der Waals surface area (Å²) in [6.45, 7) is 3.13. The van der Waals surface area contributed by atoms with E-state index in [1.54, 1.807) is 21.3 Å². The number of hydrogen-bond acceptors (Lipinski definition) is 4. The van der Waals surface area contributed by atoms with E-state index in [2.05, 4.69) is 31.6 Å². The van der Waals surface area contributed by atoms with E-state index in [0.717, 1.165) is 21.5 Å². The second kappa shape index (κ2) is 9.91.